The number of anilines is 1. The summed E-state index contributed by atoms with van der Waals surface area (Å²) in [6, 6.07) is 12.6. The summed E-state index contributed by atoms with van der Waals surface area (Å²) in [5.41, 5.74) is 4.52. The van der Waals surface area contributed by atoms with Crippen molar-refractivity contribution in [1.82, 2.24) is 5.32 Å². The molecule has 0 unspecified atom stereocenters. The van der Waals surface area contributed by atoms with Crippen LogP contribution in [0.3, 0.4) is 0 Å². The number of carbonyl (C=O) groups excluding carboxylic acids is 1. The molecule has 1 atom stereocenters. The van der Waals surface area contributed by atoms with Crippen molar-refractivity contribution < 1.29 is 13.2 Å². The van der Waals surface area contributed by atoms with Gasteiger partial charge in [-0.25, -0.2) is 8.42 Å². The highest BCUT2D eigenvalue weighted by Crippen LogP contribution is 2.25. The first-order valence-electron chi connectivity index (χ1n) is 9.02. The maximum atomic E-state index is 12.8. The molecule has 0 bridgehead atoms. The fraction of sp³-hybridized carbons (Fsp3) is 0.381. The highest BCUT2D eigenvalue weighted by Gasteiger charge is 2.31. The van der Waals surface area contributed by atoms with Crippen LogP contribution in [0.1, 0.15) is 35.6 Å². The van der Waals surface area contributed by atoms with Crippen LogP contribution in [-0.4, -0.2) is 26.6 Å². The lowest BCUT2D eigenvalue weighted by molar-refractivity contribution is -0.122. The van der Waals surface area contributed by atoms with Crippen LogP contribution in [0.2, 0.25) is 0 Å². The van der Waals surface area contributed by atoms with Crippen LogP contribution < -0.4 is 9.62 Å². The zero-order chi connectivity index (χ0) is 20.2. The Kier molecular flexibility index (Phi) is 6.65. The van der Waals surface area contributed by atoms with Gasteiger partial charge in [0.25, 0.3) is 0 Å². The van der Waals surface area contributed by atoms with Crippen LogP contribution in [0.4, 0.5) is 5.69 Å². The zero-order valence-electron chi connectivity index (χ0n) is 16.6. The van der Waals surface area contributed by atoms with Crippen LogP contribution in [0.25, 0.3) is 0 Å². The molecule has 5 nitrogen and oxygen atoms in total. The number of carbonyl (C=O) groups is 1. The predicted octanol–water partition coefficient (Wildman–Crippen LogP) is 3.47. The van der Waals surface area contributed by atoms with Gasteiger partial charge >= 0.3 is 0 Å². The van der Waals surface area contributed by atoms with E-state index in [1.807, 2.05) is 58.0 Å². The molecule has 2 aromatic carbocycles. The number of sulfonamides is 1. The highest BCUT2D eigenvalue weighted by atomic mass is 32.2. The number of aryl methyl sites for hydroxylation is 3. The third-order valence-electron chi connectivity index (χ3n) is 4.34. The number of rotatable bonds is 7. The molecule has 0 saturated carbocycles. The largest absolute Gasteiger partial charge is 0.350 e. The Labute approximate surface area is 162 Å². The first-order valence-corrected chi connectivity index (χ1v) is 10.9. The van der Waals surface area contributed by atoms with Gasteiger partial charge in [-0.1, -0.05) is 42.8 Å². The van der Waals surface area contributed by atoms with Gasteiger partial charge in [-0.3, -0.25) is 9.10 Å². The summed E-state index contributed by atoms with van der Waals surface area (Å²) in [6.45, 7) is 8.00. The van der Waals surface area contributed by atoms with Crippen LogP contribution in [0.15, 0.2) is 42.5 Å². The van der Waals surface area contributed by atoms with Crippen molar-refractivity contribution in [3.63, 3.8) is 0 Å². The van der Waals surface area contributed by atoms with Gasteiger partial charge in [0.15, 0.2) is 0 Å². The smallest absolute Gasteiger partial charge is 0.244 e. The minimum atomic E-state index is -3.62. The van der Waals surface area contributed by atoms with Gasteiger partial charge in [-0.05, 0) is 56.0 Å². The van der Waals surface area contributed by atoms with Crippen molar-refractivity contribution in [2.75, 3.05) is 10.6 Å². The molecule has 0 spiro atoms. The maximum Gasteiger partial charge on any atom is 0.244 e. The molecular weight excluding hydrogens is 360 g/mol. The van der Waals surface area contributed by atoms with E-state index in [2.05, 4.69) is 5.32 Å². The SMILES string of the molecule is CC[C@H](C(=O)NCc1cccc(C)c1)N(c1cc(C)cc(C)c1)S(C)(=O)=O. The van der Waals surface area contributed by atoms with Crippen molar-refractivity contribution >= 4 is 21.6 Å². The topological polar surface area (TPSA) is 66.5 Å². The van der Waals surface area contributed by atoms with E-state index in [0.717, 1.165) is 28.5 Å². The molecule has 0 aliphatic carbocycles. The molecule has 0 fully saturated rings. The molecule has 1 N–H and O–H groups in total. The number of hydrogen-bond acceptors (Lipinski definition) is 3. The summed E-state index contributed by atoms with van der Waals surface area (Å²) in [5, 5.41) is 2.88. The lowest BCUT2D eigenvalue weighted by Crippen LogP contribution is -2.49. The fourth-order valence-corrected chi connectivity index (χ4v) is 4.46. The highest BCUT2D eigenvalue weighted by molar-refractivity contribution is 7.92. The van der Waals surface area contributed by atoms with Crippen LogP contribution in [0, 0.1) is 20.8 Å². The van der Waals surface area contributed by atoms with Crippen LogP contribution >= 0.6 is 0 Å². The molecule has 0 heterocycles. The van der Waals surface area contributed by atoms with E-state index in [9.17, 15) is 13.2 Å². The monoisotopic (exact) mass is 388 g/mol. The molecule has 0 aromatic heterocycles. The molecule has 0 radical (unpaired) electrons. The molecule has 146 valence electrons. The Balaban J connectivity index is 2.30. The molecule has 0 aliphatic heterocycles. The van der Waals surface area contributed by atoms with Gasteiger partial charge in [0.2, 0.25) is 15.9 Å². The first-order chi connectivity index (χ1) is 12.6. The molecule has 6 heteroatoms. The predicted molar refractivity (Wildman–Crippen MR) is 110 cm³/mol. The summed E-state index contributed by atoms with van der Waals surface area (Å²) in [7, 11) is -3.62. The standard InChI is InChI=1S/C21H28N2O3S/c1-6-20(21(24)22-14-18-9-7-8-15(2)11-18)23(27(5,25)26)19-12-16(3)10-17(4)13-19/h7-13,20H,6,14H2,1-5H3,(H,22,24)/t20-/m1/s1. The van der Waals surface area contributed by atoms with E-state index in [0.29, 0.717) is 18.7 Å². The van der Waals surface area contributed by atoms with Crippen molar-refractivity contribution in [2.45, 2.75) is 46.7 Å². The van der Waals surface area contributed by atoms with E-state index < -0.39 is 16.1 Å². The van der Waals surface area contributed by atoms with Gasteiger partial charge in [0.1, 0.15) is 6.04 Å². The summed E-state index contributed by atoms with van der Waals surface area (Å²) in [6.07, 6.45) is 1.51. The van der Waals surface area contributed by atoms with Gasteiger partial charge in [-0.15, -0.1) is 0 Å². The normalized spacial score (nSPS) is 12.5. The molecule has 2 rings (SSSR count). The van der Waals surface area contributed by atoms with Gasteiger partial charge in [0.05, 0.1) is 11.9 Å². The maximum absolute atomic E-state index is 12.8. The lowest BCUT2D eigenvalue weighted by atomic mass is 10.1. The molecular formula is C21H28N2O3S. The Morgan fingerprint density at radius 3 is 2.19 bits per heavy atom. The average Bonchev–Trinajstić information content (AvgIpc) is 2.55. The van der Waals surface area contributed by atoms with Gasteiger partial charge in [0, 0.05) is 6.54 Å². The third kappa shape index (κ3) is 5.57. The van der Waals surface area contributed by atoms with Crippen molar-refractivity contribution in [1.29, 1.82) is 0 Å². The fourth-order valence-electron chi connectivity index (χ4n) is 3.27. The van der Waals surface area contributed by atoms with E-state index in [1.165, 1.54) is 4.31 Å². The number of benzene rings is 2. The number of hydrogen-bond donors (Lipinski definition) is 1. The minimum absolute atomic E-state index is 0.302. The summed E-state index contributed by atoms with van der Waals surface area (Å²) in [5.74, 6) is -0.302. The van der Waals surface area contributed by atoms with Crippen LogP contribution in [-0.2, 0) is 21.4 Å². The molecule has 2 aromatic rings. The second kappa shape index (κ2) is 8.57. The van der Waals surface area contributed by atoms with Crippen LogP contribution in [0.5, 0.6) is 0 Å². The quantitative estimate of drug-likeness (QED) is 0.790. The Morgan fingerprint density at radius 2 is 1.67 bits per heavy atom. The second-order valence-corrected chi connectivity index (χ2v) is 8.90. The Bertz CT molecular complexity index is 903. The van der Waals surface area contributed by atoms with Gasteiger partial charge in [-0.2, -0.15) is 0 Å². The minimum Gasteiger partial charge on any atom is -0.350 e. The van der Waals surface area contributed by atoms with Crippen molar-refractivity contribution in [2.24, 2.45) is 0 Å². The van der Waals surface area contributed by atoms with E-state index in [4.69, 9.17) is 0 Å². The lowest BCUT2D eigenvalue weighted by Gasteiger charge is -2.30. The zero-order valence-corrected chi connectivity index (χ0v) is 17.4. The number of nitrogens with one attached hydrogen (secondary N) is 1. The van der Waals surface area contributed by atoms with Gasteiger partial charge < -0.3 is 5.32 Å². The number of nitrogens with zero attached hydrogens (tertiary/aromatic N) is 1. The first kappa shape index (κ1) is 21.0. The van der Waals surface area contributed by atoms with Crippen molar-refractivity contribution in [3.8, 4) is 0 Å². The van der Waals surface area contributed by atoms with E-state index in [1.54, 1.807) is 12.1 Å². The number of amides is 1. The average molecular weight is 389 g/mol. The second-order valence-electron chi connectivity index (χ2n) is 7.04. The third-order valence-corrected chi connectivity index (χ3v) is 5.52. The van der Waals surface area contributed by atoms with E-state index in [-0.39, 0.29) is 5.91 Å². The Hall–Kier alpha value is -2.34. The van der Waals surface area contributed by atoms with E-state index >= 15 is 0 Å². The molecule has 27 heavy (non-hydrogen) atoms. The molecule has 0 saturated heterocycles. The summed E-state index contributed by atoms with van der Waals surface area (Å²) in [4.78, 5) is 12.8. The van der Waals surface area contributed by atoms with Crippen molar-refractivity contribution in [3.05, 3.63) is 64.7 Å². The summed E-state index contributed by atoms with van der Waals surface area (Å²) < 4.78 is 26.3. The molecule has 0 aliphatic rings. The molecule has 1 amide bonds. The Morgan fingerprint density at radius 1 is 1.04 bits per heavy atom. The summed E-state index contributed by atoms with van der Waals surface area (Å²) >= 11 is 0.